The van der Waals surface area contributed by atoms with Gasteiger partial charge in [0.1, 0.15) is 7.05 Å². The molecule has 4 rings (SSSR count). The van der Waals surface area contributed by atoms with Crippen LogP contribution < -0.4 is 9.47 Å². The van der Waals surface area contributed by atoms with Crippen molar-refractivity contribution in [3.05, 3.63) is 83.5 Å². The van der Waals surface area contributed by atoms with E-state index in [1.165, 1.54) is 32.2 Å². The second-order valence-corrected chi connectivity index (χ2v) is 6.93. The number of thioether (sulfide) groups is 1. The molecule has 2 aromatic carbocycles. The number of pyridine rings is 1. The number of hydrogen-bond acceptors (Lipinski definition) is 2. The van der Waals surface area contributed by atoms with Crippen LogP contribution in [0.1, 0.15) is 5.69 Å². The number of benzene rings is 2. The first-order valence-electron chi connectivity index (χ1n) is 8.01. The molecule has 0 radical (unpaired) electrons. The van der Waals surface area contributed by atoms with E-state index in [2.05, 4.69) is 102 Å². The van der Waals surface area contributed by atoms with E-state index in [0.717, 1.165) is 0 Å². The van der Waals surface area contributed by atoms with Crippen LogP contribution in [0.25, 0.3) is 17.0 Å². The van der Waals surface area contributed by atoms with Crippen molar-refractivity contribution < 1.29 is 4.57 Å². The highest BCUT2D eigenvalue weighted by atomic mass is 32.2. The average molecular weight is 331 g/mol. The zero-order valence-electron chi connectivity index (χ0n) is 13.8. The van der Waals surface area contributed by atoms with Crippen molar-refractivity contribution in [2.24, 2.45) is 7.05 Å². The fourth-order valence-corrected chi connectivity index (χ4v) is 4.09. The minimum absolute atomic E-state index is 1.19. The summed E-state index contributed by atoms with van der Waals surface area (Å²) in [4.78, 5) is 3.56. The number of fused-ring (bicyclic) bond motifs is 2. The van der Waals surface area contributed by atoms with Crippen LogP contribution in [0.4, 0.5) is 5.69 Å². The molecule has 0 spiro atoms. The van der Waals surface area contributed by atoms with Gasteiger partial charge in [-0.15, -0.1) is 0 Å². The number of aryl methyl sites for hydroxylation is 1. The summed E-state index contributed by atoms with van der Waals surface area (Å²) < 4.78 is 2.23. The number of rotatable bonds is 2. The third kappa shape index (κ3) is 2.61. The minimum Gasteiger partial charge on any atom is -0.338 e. The molecule has 0 bridgehead atoms. The Labute approximate surface area is 146 Å². The van der Waals surface area contributed by atoms with Crippen LogP contribution in [0, 0.1) is 0 Å². The van der Waals surface area contributed by atoms with Crippen LogP contribution in [-0.4, -0.2) is 7.05 Å². The summed E-state index contributed by atoms with van der Waals surface area (Å²) in [7, 11) is 4.23. The maximum absolute atomic E-state index is 2.24. The number of aromatic nitrogens is 1. The second-order valence-electron chi connectivity index (χ2n) is 5.87. The number of nitrogens with zero attached hydrogens (tertiary/aromatic N) is 2. The maximum Gasteiger partial charge on any atom is 0.212 e. The third-order valence-electron chi connectivity index (χ3n) is 4.40. The van der Waals surface area contributed by atoms with Gasteiger partial charge in [-0.05, 0) is 30.3 Å². The summed E-state index contributed by atoms with van der Waals surface area (Å²) in [5.74, 6) is 0. The molecule has 2 heterocycles. The summed E-state index contributed by atoms with van der Waals surface area (Å²) >= 11 is 1.82. The highest BCUT2D eigenvalue weighted by Gasteiger charge is 2.20. The monoisotopic (exact) mass is 331 g/mol. The van der Waals surface area contributed by atoms with Crippen LogP contribution in [0.15, 0.2) is 82.7 Å². The smallest absolute Gasteiger partial charge is 0.212 e. The van der Waals surface area contributed by atoms with Gasteiger partial charge in [0.25, 0.3) is 0 Å². The Kier molecular flexibility index (Phi) is 3.87. The largest absolute Gasteiger partial charge is 0.338 e. The van der Waals surface area contributed by atoms with Gasteiger partial charge in [0.2, 0.25) is 11.2 Å². The molecular weight excluding hydrogens is 312 g/mol. The van der Waals surface area contributed by atoms with Gasteiger partial charge in [-0.3, -0.25) is 0 Å². The van der Waals surface area contributed by atoms with Gasteiger partial charge in [0.05, 0.1) is 10.7 Å². The lowest BCUT2D eigenvalue weighted by atomic mass is 10.2. The summed E-state index contributed by atoms with van der Waals surface area (Å²) in [5, 5.41) is 2.51. The number of allylic oxidation sites excluding steroid dienone is 2. The van der Waals surface area contributed by atoms with E-state index in [1.54, 1.807) is 0 Å². The van der Waals surface area contributed by atoms with Gasteiger partial charge in [-0.1, -0.05) is 42.1 Å². The molecule has 0 unspecified atom stereocenters. The standard InChI is InChI=1S/C21H19N2S/c1-22-17(15-14-16-8-3-4-10-18(16)22)9-7-13-21-23(2)19-11-5-6-12-20(19)24-21/h3-15H,1-2H3/q+1. The molecule has 3 heteroatoms. The van der Waals surface area contributed by atoms with Crippen molar-refractivity contribution >= 4 is 34.4 Å². The first kappa shape index (κ1) is 15.0. The molecule has 0 aliphatic carbocycles. The first-order valence-corrected chi connectivity index (χ1v) is 8.82. The molecular formula is C21H19N2S+. The van der Waals surface area contributed by atoms with Crippen molar-refractivity contribution in [2.75, 3.05) is 11.9 Å². The van der Waals surface area contributed by atoms with E-state index in [1.807, 2.05) is 11.8 Å². The lowest BCUT2D eigenvalue weighted by Crippen LogP contribution is -2.32. The van der Waals surface area contributed by atoms with Crippen LogP contribution in [0.5, 0.6) is 0 Å². The van der Waals surface area contributed by atoms with Crippen molar-refractivity contribution in [2.45, 2.75) is 4.90 Å². The van der Waals surface area contributed by atoms with Gasteiger partial charge < -0.3 is 4.90 Å². The van der Waals surface area contributed by atoms with Crippen molar-refractivity contribution in [1.82, 2.24) is 0 Å². The summed E-state index contributed by atoms with van der Waals surface area (Å²) in [6.07, 6.45) is 6.48. The first-order chi connectivity index (χ1) is 11.7. The topological polar surface area (TPSA) is 7.12 Å². The van der Waals surface area contributed by atoms with Gasteiger partial charge in [-0.2, -0.15) is 4.57 Å². The maximum atomic E-state index is 2.24. The van der Waals surface area contributed by atoms with Crippen molar-refractivity contribution in [3.8, 4) is 0 Å². The quantitative estimate of drug-likeness (QED) is 0.625. The lowest BCUT2D eigenvalue weighted by molar-refractivity contribution is -0.646. The molecule has 0 amide bonds. The Balaban J connectivity index is 1.62. The lowest BCUT2D eigenvalue weighted by Gasteiger charge is -2.12. The summed E-state index contributed by atoms with van der Waals surface area (Å²) in [6, 6.07) is 21.3. The molecule has 118 valence electrons. The molecule has 0 saturated heterocycles. The minimum atomic E-state index is 1.19. The molecule has 1 aliphatic heterocycles. The molecule has 1 aromatic heterocycles. The van der Waals surface area contributed by atoms with Crippen LogP contribution in [0.3, 0.4) is 0 Å². The number of hydrogen-bond donors (Lipinski definition) is 0. The summed E-state index contributed by atoms with van der Waals surface area (Å²) in [6.45, 7) is 0. The predicted molar refractivity (Wildman–Crippen MR) is 103 cm³/mol. The molecule has 2 nitrogen and oxygen atoms in total. The Morgan fingerprint density at radius 3 is 2.62 bits per heavy atom. The van der Waals surface area contributed by atoms with Gasteiger partial charge in [0.15, 0.2) is 0 Å². The Morgan fingerprint density at radius 2 is 1.75 bits per heavy atom. The van der Waals surface area contributed by atoms with Crippen LogP contribution in [0.2, 0.25) is 0 Å². The van der Waals surface area contributed by atoms with Crippen molar-refractivity contribution in [3.63, 3.8) is 0 Å². The number of anilines is 1. The highest BCUT2D eigenvalue weighted by molar-refractivity contribution is 8.03. The predicted octanol–water partition coefficient (Wildman–Crippen LogP) is 4.76. The second kappa shape index (κ2) is 6.17. The fraction of sp³-hybridized carbons (Fsp3) is 0.0952. The Bertz CT molecular complexity index is 972. The third-order valence-corrected chi connectivity index (χ3v) is 5.58. The van der Waals surface area contributed by atoms with Crippen molar-refractivity contribution in [1.29, 1.82) is 0 Å². The zero-order chi connectivity index (χ0) is 16.5. The van der Waals surface area contributed by atoms with E-state index in [-0.39, 0.29) is 0 Å². The fourth-order valence-electron chi connectivity index (χ4n) is 3.02. The summed E-state index contributed by atoms with van der Waals surface area (Å²) in [5.41, 5.74) is 3.71. The van der Waals surface area contributed by atoms with E-state index in [9.17, 15) is 0 Å². The average Bonchev–Trinajstić information content (AvgIpc) is 2.94. The van der Waals surface area contributed by atoms with Gasteiger partial charge in [0, 0.05) is 35.5 Å². The molecule has 24 heavy (non-hydrogen) atoms. The normalized spacial score (nSPS) is 15.6. The van der Waals surface area contributed by atoms with E-state index in [0.29, 0.717) is 0 Å². The van der Waals surface area contributed by atoms with Crippen LogP contribution >= 0.6 is 11.8 Å². The van der Waals surface area contributed by atoms with Crippen LogP contribution in [-0.2, 0) is 7.05 Å². The SMILES string of the molecule is CN1C(=CC=Cc2ccc3ccccc3[n+]2C)Sc2ccccc21. The molecule has 0 atom stereocenters. The highest BCUT2D eigenvalue weighted by Crippen LogP contribution is 2.44. The molecule has 1 aliphatic rings. The molecule has 3 aromatic rings. The Hall–Kier alpha value is -2.52. The van der Waals surface area contributed by atoms with E-state index >= 15 is 0 Å². The molecule has 0 fully saturated rings. The Morgan fingerprint density at radius 1 is 0.958 bits per heavy atom. The van der Waals surface area contributed by atoms with E-state index < -0.39 is 0 Å². The van der Waals surface area contributed by atoms with Gasteiger partial charge in [-0.25, -0.2) is 0 Å². The van der Waals surface area contributed by atoms with Gasteiger partial charge >= 0.3 is 0 Å². The molecule has 0 N–H and O–H groups in total. The zero-order valence-corrected chi connectivity index (χ0v) is 14.6. The number of para-hydroxylation sites is 2. The van der Waals surface area contributed by atoms with E-state index in [4.69, 9.17) is 0 Å². The molecule has 0 saturated carbocycles.